The monoisotopic (exact) mass is 394 g/mol. The van der Waals surface area contributed by atoms with Crippen LogP contribution < -0.4 is 5.32 Å². The van der Waals surface area contributed by atoms with Crippen molar-refractivity contribution in [3.63, 3.8) is 0 Å². The molecule has 3 aromatic rings. The van der Waals surface area contributed by atoms with Crippen LogP contribution in [0.2, 0.25) is 0 Å². The summed E-state index contributed by atoms with van der Waals surface area (Å²) in [5.74, 6) is 0.737. The molecule has 0 spiro atoms. The lowest BCUT2D eigenvalue weighted by atomic mass is 9.99. The lowest BCUT2D eigenvalue weighted by Gasteiger charge is -2.35. The van der Waals surface area contributed by atoms with E-state index in [1.54, 1.807) is 0 Å². The van der Waals surface area contributed by atoms with Crippen LogP contribution in [0, 0.1) is 0 Å². The molecule has 0 saturated carbocycles. The first-order valence-electron chi connectivity index (χ1n) is 10.1. The Morgan fingerprint density at radius 2 is 2.38 bits per heavy atom. The number of aromatic amines is 1. The maximum Gasteiger partial charge on any atom is 0.246 e. The van der Waals surface area contributed by atoms with E-state index in [1.165, 1.54) is 6.08 Å². The Hall–Kier alpha value is -3.07. The van der Waals surface area contributed by atoms with Crippen molar-refractivity contribution in [1.82, 2.24) is 40.6 Å². The van der Waals surface area contributed by atoms with Gasteiger partial charge in [-0.05, 0) is 35.8 Å². The number of aryl methyl sites for hydroxylation is 1. The first kappa shape index (κ1) is 19.3. The molecule has 9 nitrogen and oxygen atoms in total. The molecule has 1 saturated heterocycles. The molecular weight excluding hydrogens is 368 g/mol. The number of tetrazole rings is 1. The summed E-state index contributed by atoms with van der Waals surface area (Å²) in [5, 5.41) is 24.5. The second-order valence-electron chi connectivity index (χ2n) is 7.37. The lowest BCUT2D eigenvalue weighted by molar-refractivity contribution is -0.127. The van der Waals surface area contributed by atoms with Crippen molar-refractivity contribution in [2.75, 3.05) is 13.1 Å². The van der Waals surface area contributed by atoms with E-state index >= 15 is 0 Å². The predicted molar refractivity (Wildman–Crippen MR) is 109 cm³/mol. The van der Waals surface area contributed by atoms with Crippen molar-refractivity contribution >= 4 is 16.8 Å². The molecule has 1 amide bonds. The number of piperidine rings is 1. The van der Waals surface area contributed by atoms with Crippen molar-refractivity contribution in [2.45, 2.75) is 44.8 Å². The molecule has 1 aliphatic heterocycles. The van der Waals surface area contributed by atoms with E-state index in [-0.39, 0.29) is 18.0 Å². The molecule has 4 rings (SSSR count). The Balaban J connectivity index is 1.69. The van der Waals surface area contributed by atoms with E-state index in [0.717, 1.165) is 54.6 Å². The Morgan fingerprint density at radius 1 is 1.48 bits per heavy atom. The van der Waals surface area contributed by atoms with E-state index in [9.17, 15) is 4.79 Å². The van der Waals surface area contributed by atoms with E-state index in [0.29, 0.717) is 6.54 Å². The van der Waals surface area contributed by atoms with Gasteiger partial charge in [-0.3, -0.25) is 15.2 Å². The average molecular weight is 394 g/mol. The third kappa shape index (κ3) is 3.91. The van der Waals surface area contributed by atoms with Gasteiger partial charge in [0.05, 0.1) is 17.8 Å². The van der Waals surface area contributed by atoms with Crippen LogP contribution in [0.15, 0.2) is 37.1 Å². The molecule has 0 radical (unpaired) electrons. The highest BCUT2D eigenvalue weighted by molar-refractivity contribution is 5.87. The van der Waals surface area contributed by atoms with E-state index in [4.69, 9.17) is 0 Å². The summed E-state index contributed by atoms with van der Waals surface area (Å²) in [5.41, 5.74) is 2.00. The quantitative estimate of drug-likeness (QED) is 0.592. The van der Waals surface area contributed by atoms with Crippen molar-refractivity contribution < 1.29 is 4.79 Å². The Bertz CT molecular complexity index is 993. The summed E-state index contributed by atoms with van der Waals surface area (Å²) in [4.78, 5) is 14.0. The molecular formula is C20H26N8O. The van der Waals surface area contributed by atoms with Crippen molar-refractivity contribution in [3.8, 4) is 0 Å². The summed E-state index contributed by atoms with van der Waals surface area (Å²) in [7, 11) is 0. The molecule has 0 bridgehead atoms. The van der Waals surface area contributed by atoms with Crippen LogP contribution in [0.4, 0.5) is 0 Å². The minimum Gasteiger partial charge on any atom is -0.338 e. The fourth-order valence-electron chi connectivity index (χ4n) is 4.00. The molecule has 2 atom stereocenters. The standard InChI is InChI=1S/C20H26N8O/c1-3-10-28-20(24-25-26-28)19(16-9-5-7-14-12-21-23-18(14)16)22-15-8-6-11-27(13-15)17(29)4-2/h4-5,7,9,12,15,19,22H,2-3,6,8,10-11,13H2,1H3,(H,21,23). The van der Waals surface area contributed by atoms with Crippen molar-refractivity contribution in [1.29, 1.82) is 0 Å². The summed E-state index contributed by atoms with van der Waals surface area (Å²) in [6, 6.07) is 6.02. The topological polar surface area (TPSA) is 105 Å². The SMILES string of the molecule is C=CC(=O)N1CCCC(NC(c2cccc3cn[nH]c23)c2nnnn2CCC)C1. The Kier molecular flexibility index (Phi) is 5.66. The van der Waals surface area contributed by atoms with Gasteiger partial charge in [-0.1, -0.05) is 31.7 Å². The van der Waals surface area contributed by atoms with Gasteiger partial charge in [0, 0.05) is 36.6 Å². The second kappa shape index (κ2) is 8.52. The van der Waals surface area contributed by atoms with Crippen LogP contribution in [-0.2, 0) is 11.3 Å². The average Bonchev–Trinajstić information content (AvgIpc) is 3.41. The number of carbonyl (C=O) groups excluding carboxylic acids is 1. The molecule has 3 heterocycles. The van der Waals surface area contributed by atoms with Gasteiger partial charge in [-0.2, -0.15) is 5.10 Å². The van der Waals surface area contributed by atoms with E-state index in [2.05, 4.69) is 50.6 Å². The number of fused-ring (bicyclic) bond motifs is 1. The van der Waals surface area contributed by atoms with E-state index < -0.39 is 0 Å². The van der Waals surface area contributed by atoms with Crippen LogP contribution >= 0.6 is 0 Å². The maximum atomic E-state index is 12.1. The zero-order valence-electron chi connectivity index (χ0n) is 16.6. The minimum atomic E-state index is -0.218. The number of benzene rings is 1. The molecule has 0 aliphatic carbocycles. The number of hydrogen-bond donors (Lipinski definition) is 2. The van der Waals surface area contributed by atoms with Gasteiger partial charge in [-0.25, -0.2) is 4.68 Å². The van der Waals surface area contributed by atoms with Gasteiger partial charge in [-0.15, -0.1) is 5.10 Å². The fraction of sp³-hybridized carbons (Fsp3) is 0.450. The number of hydrogen-bond acceptors (Lipinski definition) is 6. The molecule has 1 fully saturated rings. The van der Waals surface area contributed by atoms with Gasteiger partial charge in [0.15, 0.2) is 5.82 Å². The third-order valence-electron chi connectivity index (χ3n) is 5.38. The van der Waals surface area contributed by atoms with Crippen LogP contribution in [0.5, 0.6) is 0 Å². The number of nitrogens with zero attached hydrogens (tertiary/aromatic N) is 6. The molecule has 152 valence electrons. The molecule has 1 aliphatic rings. The van der Waals surface area contributed by atoms with Crippen LogP contribution in [0.1, 0.15) is 43.6 Å². The lowest BCUT2D eigenvalue weighted by Crippen LogP contribution is -2.49. The van der Waals surface area contributed by atoms with E-state index in [1.807, 2.05) is 27.9 Å². The molecule has 2 aromatic heterocycles. The van der Waals surface area contributed by atoms with Gasteiger partial charge in [0.25, 0.3) is 0 Å². The number of rotatable bonds is 7. The van der Waals surface area contributed by atoms with Crippen LogP contribution in [0.25, 0.3) is 10.9 Å². The largest absolute Gasteiger partial charge is 0.338 e. The number of carbonyl (C=O) groups is 1. The number of nitrogens with one attached hydrogen (secondary N) is 2. The summed E-state index contributed by atoms with van der Waals surface area (Å²) in [6.07, 6.45) is 6.05. The third-order valence-corrected chi connectivity index (χ3v) is 5.38. The Labute approximate surface area is 169 Å². The molecule has 9 heteroatoms. The van der Waals surface area contributed by atoms with Crippen LogP contribution in [-0.4, -0.2) is 60.3 Å². The summed E-state index contributed by atoms with van der Waals surface area (Å²) >= 11 is 0. The smallest absolute Gasteiger partial charge is 0.246 e. The summed E-state index contributed by atoms with van der Waals surface area (Å²) < 4.78 is 1.85. The highest BCUT2D eigenvalue weighted by atomic mass is 16.2. The number of aromatic nitrogens is 6. The number of likely N-dealkylation sites (tertiary alicyclic amines) is 1. The van der Waals surface area contributed by atoms with Gasteiger partial charge < -0.3 is 4.90 Å². The number of para-hydroxylation sites is 1. The van der Waals surface area contributed by atoms with Crippen molar-refractivity contribution in [2.24, 2.45) is 0 Å². The molecule has 29 heavy (non-hydrogen) atoms. The molecule has 2 N–H and O–H groups in total. The highest BCUT2D eigenvalue weighted by Crippen LogP contribution is 2.28. The van der Waals surface area contributed by atoms with Crippen molar-refractivity contribution in [3.05, 3.63) is 48.4 Å². The van der Waals surface area contributed by atoms with Gasteiger partial charge in [0.2, 0.25) is 5.91 Å². The fourth-order valence-corrected chi connectivity index (χ4v) is 4.00. The highest BCUT2D eigenvalue weighted by Gasteiger charge is 2.29. The van der Waals surface area contributed by atoms with Gasteiger partial charge >= 0.3 is 0 Å². The molecule has 1 aromatic carbocycles. The molecule has 2 unspecified atom stereocenters. The predicted octanol–water partition coefficient (Wildman–Crippen LogP) is 1.82. The minimum absolute atomic E-state index is 0.0282. The Morgan fingerprint density at radius 3 is 3.21 bits per heavy atom. The van der Waals surface area contributed by atoms with Gasteiger partial charge in [0.1, 0.15) is 0 Å². The zero-order valence-corrected chi connectivity index (χ0v) is 16.6. The normalized spacial score (nSPS) is 18.1. The maximum absolute atomic E-state index is 12.1. The first-order valence-corrected chi connectivity index (χ1v) is 10.1. The number of amides is 1. The number of H-pyrrole nitrogens is 1. The summed E-state index contributed by atoms with van der Waals surface area (Å²) in [6.45, 7) is 7.86. The second-order valence-corrected chi connectivity index (χ2v) is 7.37. The zero-order chi connectivity index (χ0) is 20.2. The first-order chi connectivity index (χ1) is 14.2. The van der Waals surface area contributed by atoms with Crippen LogP contribution in [0.3, 0.4) is 0 Å².